The molecule has 1 aliphatic rings. The molecule has 1 fully saturated rings. The molecule has 0 radical (unpaired) electrons. The van der Waals surface area contributed by atoms with Gasteiger partial charge in [0, 0.05) is 12.1 Å². The Hall–Kier alpha value is -0.320. The molecule has 1 aromatic rings. The SMILES string of the molecule is CC(NCC1(N(C)C)CCCC1)c1ccc(Br)o1. The van der Waals surface area contributed by atoms with Crippen molar-refractivity contribution in [1.29, 1.82) is 0 Å². The lowest BCUT2D eigenvalue weighted by Gasteiger charge is -2.37. The van der Waals surface area contributed by atoms with Gasteiger partial charge in [-0.2, -0.15) is 0 Å². The minimum Gasteiger partial charge on any atom is -0.453 e. The zero-order valence-corrected chi connectivity index (χ0v) is 13.1. The van der Waals surface area contributed by atoms with Gasteiger partial charge in [0.05, 0.1) is 6.04 Å². The van der Waals surface area contributed by atoms with Crippen molar-refractivity contribution in [1.82, 2.24) is 10.2 Å². The first kappa shape index (κ1) is 14.1. The molecule has 2 rings (SSSR count). The molecule has 0 saturated heterocycles. The van der Waals surface area contributed by atoms with E-state index in [4.69, 9.17) is 4.42 Å². The molecule has 3 nitrogen and oxygen atoms in total. The molecule has 0 spiro atoms. The Bertz CT molecular complexity index is 383. The standard InChI is InChI=1S/C14H23BrN2O/c1-11(12-6-7-13(15)18-12)16-10-14(17(2)3)8-4-5-9-14/h6-7,11,16H,4-5,8-10H2,1-3H3. The molecule has 1 unspecified atom stereocenters. The average Bonchev–Trinajstić information content (AvgIpc) is 2.95. The van der Waals surface area contributed by atoms with Gasteiger partial charge in [-0.25, -0.2) is 0 Å². The van der Waals surface area contributed by atoms with Gasteiger partial charge in [-0.3, -0.25) is 0 Å². The predicted molar refractivity (Wildman–Crippen MR) is 77.7 cm³/mol. The van der Waals surface area contributed by atoms with Crippen molar-refractivity contribution >= 4 is 15.9 Å². The summed E-state index contributed by atoms with van der Waals surface area (Å²) in [6.45, 7) is 3.18. The van der Waals surface area contributed by atoms with Crippen LogP contribution in [0.1, 0.15) is 44.4 Å². The Kier molecular flexibility index (Phi) is 4.51. The van der Waals surface area contributed by atoms with Gasteiger partial charge in [-0.1, -0.05) is 12.8 Å². The molecule has 0 bridgehead atoms. The molecule has 1 saturated carbocycles. The summed E-state index contributed by atoms with van der Waals surface area (Å²) in [5.74, 6) is 0.994. The second-order valence-electron chi connectivity index (χ2n) is 5.57. The molecule has 0 amide bonds. The van der Waals surface area contributed by atoms with Crippen LogP contribution in [0, 0.1) is 0 Å². The van der Waals surface area contributed by atoms with E-state index in [1.165, 1.54) is 25.7 Å². The van der Waals surface area contributed by atoms with Gasteiger partial charge in [-0.15, -0.1) is 0 Å². The zero-order valence-electron chi connectivity index (χ0n) is 11.5. The summed E-state index contributed by atoms with van der Waals surface area (Å²) in [5, 5.41) is 3.62. The van der Waals surface area contributed by atoms with Crippen molar-refractivity contribution in [3.05, 3.63) is 22.6 Å². The summed E-state index contributed by atoms with van der Waals surface area (Å²) >= 11 is 3.35. The van der Waals surface area contributed by atoms with Gasteiger partial charge in [-0.05, 0) is 61.9 Å². The molecule has 1 N–H and O–H groups in total. The van der Waals surface area contributed by atoms with Crippen LogP contribution in [0.4, 0.5) is 0 Å². The first-order valence-corrected chi connectivity index (χ1v) is 7.49. The Morgan fingerprint density at radius 1 is 1.39 bits per heavy atom. The second-order valence-corrected chi connectivity index (χ2v) is 6.35. The summed E-state index contributed by atoms with van der Waals surface area (Å²) in [7, 11) is 4.39. The molecule has 4 heteroatoms. The molecule has 18 heavy (non-hydrogen) atoms. The van der Waals surface area contributed by atoms with Crippen LogP contribution in [0.25, 0.3) is 0 Å². The summed E-state index contributed by atoms with van der Waals surface area (Å²) in [6.07, 6.45) is 5.28. The minimum absolute atomic E-state index is 0.258. The third-order valence-corrected chi connectivity index (χ3v) is 4.67. The van der Waals surface area contributed by atoms with Crippen molar-refractivity contribution < 1.29 is 4.42 Å². The molecule has 102 valence electrons. The van der Waals surface area contributed by atoms with E-state index in [-0.39, 0.29) is 6.04 Å². The van der Waals surface area contributed by atoms with Crippen LogP contribution in [0.3, 0.4) is 0 Å². The van der Waals surface area contributed by atoms with Gasteiger partial charge in [0.1, 0.15) is 5.76 Å². The van der Waals surface area contributed by atoms with Crippen molar-refractivity contribution in [2.24, 2.45) is 0 Å². The lowest BCUT2D eigenvalue weighted by molar-refractivity contribution is 0.148. The van der Waals surface area contributed by atoms with Crippen LogP contribution in [0.15, 0.2) is 21.2 Å². The van der Waals surface area contributed by atoms with E-state index in [1.54, 1.807) is 0 Å². The number of nitrogens with one attached hydrogen (secondary N) is 1. The smallest absolute Gasteiger partial charge is 0.169 e. The molecule has 1 aromatic heterocycles. The van der Waals surface area contributed by atoms with Gasteiger partial charge in [0.15, 0.2) is 4.67 Å². The monoisotopic (exact) mass is 314 g/mol. The van der Waals surface area contributed by atoms with Crippen LogP contribution in [-0.2, 0) is 0 Å². The fourth-order valence-electron chi connectivity index (χ4n) is 2.82. The van der Waals surface area contributed by atoms with Crippen LogP contribution < -0.4 is 5.32 Å². The summed E-state index contributed by atoms with van der Waals surface area (Å²) in [6, 6.07) is 4.23. The Labute approximate surface area is 118 Å². The van der Waals surface area contributed by atoms with Crippen LogP contribution in [-0.4, -0.2) is 31.1 Å². The van der Waals surface area contributed by atoms with E-state index in [1.807, 2.05) is 12.1 Å². The van der Waals surface area contributed by atoms with E-state index < -0.39 is 0 Å². The van der Waals surface area contributed by atoms with Crippen molar-refractivity contribution in [3.8, 4) is 0 Å². The Balaban J connectivity index is 1.94. The van der Waals surface area contributed by atoms with E-state index in [0.29, 0.717) is 5.54 Å². The van der Waals surface area contributed by atoms with Gasteiger partial charge in [0.2, 0.25) is 0 Å². The highest BCUT2D eigenvalue weighted by Crippen LogP contribution is 2.33. The number of halogens is 1. The minimum atomic E-state index is 0.258. The predicted octanol–water partition coefficient (Wildman–Crippen LogP) is 3.57. The van der Waals surface area contributed by atoms with E-state index in [9.17, 15) is 0 Å². The molecule has 1 heterocycles. The van der Waals surface area contributed by atoms with Crippen molar-refractivity contribution in [3.63, 3.8) is 0 Å². The summed E-state index contributed by atoms with van der Waals surface area (Å²) in [5.41, 5.74) is 0.331. The maximum Gasteiger partial charge on any atom is 0.169 e. The molecule has 1 atom stereocenters. The van der Waals surface area contributed by atoms with Crippen molar-refractivity contribution in [2.75, 3.05) is 20.6 Å². The van der Waals surface area contributed by atoms with Gasteiger partial charge >= 0.3 is 0 Å². The van der Waals surface area contributed by atoms with E-state index in [2.05, 4.69) is 47.2 Å². The largest absolute Gasteiger partial charge is 0.453 e. The van der Waals surface area contributed by atoms with Crippen LogP contribution in [0.2, 0.25) is 0 Å². The fraction of sp³-hybridized carbons (Fsp3) is 0.714. The quantitative estimate of drug-likeness (QED) is 0.900. The maximum atomic E-state index is 5.59. The molecular weight excluding hydrogens is 292 g/mol. The Morgan fingerprint density at radius 2 is 2.06 bits per heavy atom. The van der Waals surface area contributed by atoms with Crippen molar-refractivity contribution in [2.45, 2.75) is 44.2 Å². The highest BCUT2D eigenvalue weighted by atomic mass is 79.9. The highest BCUT2D eigenvalue weighted by molar-refractivity contribution is 9.10. The third kappa shape index (κ3) is 2.98. The Morgan fingerprint density at radius 3 is 2.56 bits per heavy atom. The van der Waals surface area contributed by atoms with Crippen LogP contribution >= 0.6 is 15.9 Å². The molecule has 0 aromatic carbocycles. The molecule has 1 aliphatic carbocycles. The van der Waals surface area contributed by atoms with E-state index in [0.717, 1.165) is 17.0 Å². The average molecular weight is 315 g/mol. The topological polar surface area (TPSA) is 28.4 Å². The number of furan rings is 1. The first-order chi connectivity index (χ1) is 8.53. The maximum absolute atomic E-state index is 5.59. The third-order valence-electron chi connectivity index (χ3n) is 4.24. The normalized spacial score (nSPS) is 20.5. The number of hydrogen-bond acceptors (Lipinski definition) is 3. The number of hydrogen-bond donors (Lipinski definition) is 1. The highest BCUT2D eigenvalue weighted by Gasteiger charge is 2.35. The fourth-order valence-corrected chi connectivity index (χ4v) is 3.14. The van der Waals surface area contributed by atoms with Gasteiger partial charge in [0.25, 0.3) is 0 Å². The van der Waals surface area contributed by atoms with Gasteiger partial charge < -0.3 is 14.6 Å². The zero-order chi connectivity index (χ0) is 13.2. The molecule has 0 aliphatic heterocycles. The lowest BCUT2D eigenvalue weighted by atomic mass is 9.95. The number of rotatable bonds is 5. The first-order valence-electron chi connectivity index (χ1n) is 6.69. The lowest BCUT2D eigenvalue weighted by Crippen LogP contribution is -2.49. The summed E-state index contributed by atoms with van der Waals surface area (Å²) < 4.78 is 6.39. The van der Waals surface area contributed by atoms with Crippen LogP contribution in [0.5, 0.6) is 0 Å². The molecular formula is C14H23BrN2O. The number of nitrogens with zero attached hydrogens (tertiary/aromatic N) is 1. The van der Waals surface area contributed by atoms with E-state index >= 15 is 0 Å². The summed E-state index contributed by atoms with van der Waals surface area (Å²) in [4.78, 5) is 2.39. The second kappa shape index (κ2) is 5.76. The number of likely N-dealkylation sites (N-methyl/N-ethyl adjacent to an activating group) is 1.